The van der Waals surface area contributed by atoms with Crippen LogP contribution in [0.5, 0.6) is 11.5 Å². The summed E-state index contributed by atoms with van der Waals surface area (Å²) in [4.78, 5) is 38.8. The SMILES string of the molecule is COc1cc(O)c2c(c1)C(=O)c1cc(C)c(C(=O)OC[C@H]3O[C@H](O)[C@H](O)[C@@H](O)[C@@H]3O)cc1C2=O. The van der Waals surface area contributed by atoms with Gasteiger partial charge < -0.3 is 39.7 Å². The van der Waals surface area contributed by atoms with Crippen LogP contribution < -0.4 is 4.74 Å². The third-order valence-corrected chi connectivity index (χ3v) is 5.94. The molecule has 1 aliphatic heterocycles. The minimum atomic E-state index is -1.79. The van der Waals surface area contributed by atoms with Crippen molar-refractivity contribution < 1.29 is 54.1 Å². The second-order valence-corrected chi connectivity index (χ2v) is 8.08. The minimum absolute atomic E-state index is 0.0215. The number of aliphatic hydroxyl groups excluding tert-OH is 4. The van der Waals surface area contributed by atoms with Gasteiger partial charge in [0.1, 0.15) is 42.5 Å². The molecule has 2 aromatic carbocycles. The van der Waals surface area contributed by atoms with Gasteiger partial charge in [-0.25, -0.2) is 4.79 Å². The van der Waals surface area contributed by atoms with Crippen LogP contribution in [0.2, 0.25) is 0 Å². The van der Waals surface area contributed by atoms with E-state index >= 15 is 0 Å². The topological polar surface area (TPSA) is 180 Å². The van der Waals surface area contributed by atoms with Gasteiger partial charge in [0.05, 0.1) is 18.2 Å². The van der Waals surface area contributed by atoms with E-state index in [9.17, 15) is 39.9 Å². The van der Waals surface area contributed by atoms with Crippen LogP contribution in [-0.4, -0.2) is 87.5 Å². The summed E-state index contributed by atoms with van der Waals surface area (Å²) in [5.74, 6) is -2.35. The lowest BCUT2D eigenvalue weighted by Gasteiger charge is -2.37. The number of methoxy groups -OCH3 is 1. The number of aryl methyl sites for hydroxylation is 1. The predicted octanol–water partition coefficient (Wildman–Crippen LogP) is -0.559. The van der Waals surface area contributed by atoms with E-state index in [0.717, 1.165) is 0 Å². The van der Waals surface area contributed by atoms with E-state index in [1.165, 1.54) is 38.3 Å². The average molecular weight is 474 g/mol. The molecule has 2 aromatic rings. The van der Waals surface area contributed by atoms with Crippen molar-refractivity contribution in [3.05, 3.63) is 57.6 Å². The fourth-order valence-corrected chi connectivity index (χ4v) is 4.02. The minimum Gasteiger partial charge on any atom is -0.507 e. The summed E-state index contributed by atoms with van der Waals surface area (Å²) in [6.07, 6.45) is -8.19. The molecule has 0 spiro atoms. The smallest absolute Gasteiger partial charge is 0.338 e. The lowest BCUT2D eigenvalue weighted by Crippen LogP contribution is -2.58. The number of esters is 1. The summed E-state index contributed by atoms with van der Waals surface area (Å²) in [6, 6.07) is 5.10. The first kappa shape index (κ1) is 23.8. The molecule has 5 atom stereocenters. The van der Waals surface area contributed by atoms with E-state index in [2.05, 4.69) is 0 Å². The number of phenolic OH excluding ortho intramolecular Hbond substituents is 1. The number of hydrogen-bond acceptors (Lipinski definition) is 11. The molecular weight excluding hydrogens is 452 g/mol. The molecular formula is C23H22O11. The maximum Gasteiger partial charge on any atom is 0.338 e. The van der Waals surface area contributed by atoms with Crippen LogP contribution >= 0.6 is 0 Å². The second-order valence-electron chi connectivity index (χ2n) is 8.08. The molecule has 0 aromatic heterocycles. The van der Waals surface area contributed by atoms with Crippen molar-refractivity contribution in [2.24, 2.45) is 0 Å². The van der Waals surface area contributed by atoms with Gasteiger partial charge in [-0.05, 0) is 30.7 Å². The van der Waals surface area contributed by atoms with E-state index in [1.807, 2.05) is 0 Å². The molecule has 1 heterocycles. The number of hydrogen-bond donors (Lipinski definition) is 5. The van der Waals surface area contributed by atoms with Gasteiger partial charge in [-0.3, -0.25) is 9.59 Å². The Hall–Kier alpha value is -3.35. The molecule has 5 N–H and O–H groups in total. The maximum atomic E-state index is 13.1. The fraction of sp³-hybridized carbons (Fsp3) is 0.348. The standard InChI is InChI=1S/C23H22O11/c1-8-3-11-12(18(26)16-13(17(11)25)4-9(32-2)5-14(16)24)6-10(8)22(30)33-7-15-19(27)20(28)21(29)23(31)34-15/h3-6,15,19-21,23-24,27-29,31H,7H2,1-2H3/t15-,19-,20+,21-,23+/m1/s1. The van der Waals surface area contributed by atoms with Gasteiger partial charge in [-0.15, -0.1) is 0 Å². The van der Waals surface area contributed by atoms with Crippen LogP contribution in [0, 0.1) is 6.92 Å². The molecule has 1 saturated heterocycles. The third-order valence-electron chi connectivity index (χ3n) is 5.94. The van der Waals surface area contributed by atoms with Gasteiger partial charge in [-0.2, -0.15) is 0 Å². The highest BCUT2D eigenvalue weighted by molar-refractivity contribution is 6.29. The Morgan fingerprint density at radius 2 is 1.62 bits per heavy atom. The largest absolute Gasteiger partial charge is 0.507 e. The number of rotatable bonds is 4. The predicted molar refractivity (Wildman–Crippen MR) is 112 cm³/mol. The second kappa shape index (κ2) is 8.78. The van der Waals surface area contributed by atoms with Crippen molar-refractivity contribution >= 4 is 17.5 Å². The van der Waals surface area contributed by atoms with E-state index in [-0.39, 0.29) is 33.6 Å². The lowest BCUT2D eigenvalue weighted by atomic mass is 9.81. The zero-order valence-corrected chi connectivity index (χ0v) is 18.1. The van der Waals surface area contributed by atoms with Crippen LogP contribution in [0.25, 0.3) is 0 Å². The van der Waals surface area contributed by atoms with Crippen molar-refractivity contribution in [2.75, 3.05) is 13.7 Å². The zero-order valence-electron chi connectivity index (χ0n) is 18.1. The molecule has 0 saturated carbocycles. The quantitative estimate of drug-likeness (QED) is 0.306. The van der Waals surface area contributed by atoms with Crippen LogP contribution in [0.1, 0.15) is 47.8 Å². The van der Waals surface area contributed by atoms with Gasteiger partial charge in [0.15, 0.2) is 17.9 Å². The van der Waals surface area contributed by atoms with Crippen molar-refractivity contribution in [3.8, 4) is 11.5 Å². The highest BCUT2D eigenvalue weighted by Gasteiger charge is 2.43. The zero-order chi connectivity index (χ0) is 24.9. The Labute approximate surface area is 192 Å². The number of fused-ring (bicyclic) bond motifs is 2. The van der Waals surface area contributed by atoms with Gasteiger partial charge in [-0.1, -0.05) is 0 Å². The molecule has 34 heavy (non-hydrogen) atoms. The van der Waals surface area contributed by atoms with E-state index in [4.69, 9.17) is 14.2 Å². The molecule has 1 aliphatic carbocycles. The highest BCUT2D eigenvalue weighted by Crippen LogP contribution is 2.37. The third kappa shape index (κ3) is 3.83. The number of phenols is 1. The number of aromatic hydroxyl groups is 1. The number of benzene rings is 2. The van der Waals surface area contributed by atoms with Gasteiger partial charge in [0.2, 0.25) is 0 Å². The Morgan fingerprint density at radius 3 is 2.29 bits per heavy atom. The number of ether oxygens (including phenoxy) is 3. The molecule has 4 rings (SSSR count). The first-order valence-electron chi connectivity index (χ1n) is 10.2. The Balaban J connectivity index is 1.60. The Kier molecular flexibility index (Phi) is 6.14. The molecule has 180 valence electrons. The van der Waals surface area contributed by atoms with Crippen molar-refractivity contribution in [1.82, 2.24) is 0 Å². The normalized spacial score (nSPS) is 26.0. The summed E-state index contributed by atoms with van der Waals surface area (Å²) in [7, 11) is 1.35. The highest BCUT2D eigenvalue weighted by atomic mass is 16.6. The molecule has 11 heteroatoms. The van der Waals surface area contributed by atoms with Crippen LogP contribution in [-0.2, 0) is 9.47 Å². The molecule has 0 bridgehead atoms. The molecule has 1 fully saturated rings. The Bertz CT molecular complexity index is 1190. The van der Waals surface area contributed by atoms with E-state index < -0.39 is 60.6 Å². The first-order chi connectivity index (χ1) is 16.0. The Morgan fingerprint density at radius 1 is 0.941 bits per heavy atom. The molecule has 0 amide bonds. The average Bonchev–Trinajstić information content (AvgIpc) is 2.81. The van der Waals surface area contributed by atoms with Crippen LogP contribution in [0.15, 0.2) is 24.3 Å². The summed E-state index contributed by atoms with van der Waals surface area (Å²) in [6.45, 7) is 0.955. The summed E-state index contributed by atoms with van der Waals surface area (Å²) >= 11 is 0. The van der Waals surface area contributed by atoms with E-state index in [1.54, 1.807) is 0 Å². The maximum absolute atomic E-state index is 13.1. The summed E-state index contributed by atoms with van der Waals surface area (Å²) in [5.41, 5.74) is -0.0127. The van der Waals surface area contributed by atoms with Crippen molar-refractivity contribution in [1.29, 1.82) is 0 Å². The summed E-state index contributed by atoms with van der Waals surface area (Å²) < 4.78 is 15.2. The monoisotopic (exact) mass is 474 g/mol. The van der Waals surface area contributed by atoms with Gasteiger partial charge >= 0.3 is 5.97 Å². The molecule has 0 radical (unpaired) electrons. The molecule has 2 aliphatic rings. The van der Waals surface area contributed by atoms with E-state index in [0.29, 0.717) is 5.56 Å². The number of carbonyl (C=O) groups is 3. The number of ketones is 2. The number of carbonyl (C=O) groups excluding carboxylic acids is 3. The van der Waals surface area contributed by atoms with Crippen molar-refractivity contribution in [2.45, 2.75) is 37.6 Å². The van der Waals surface area contributed by atoms with Gasteiger partial charge in [0.25, 0.3) is 0 Å². The van der Waals surface area contributed by atoms with Gasteiger partial charge in [0, 0.05) is 22.8 Å². The summed E-state index contributed by atoms with van der Waals surface area (Å²) in [5, 5.41) is 49.2. The first-order valence-corrected chi connectivity index (χ1v) is 10.2. The number of aliphatic hydroxyl groups is 4. The molecule has 0 unspecified atom stereocenters. The van der Waals surface area contributed by atoms with Crippen LogP contribution in [0.4, 0.5) is 0 Å². The fourth-order valence-electron chi connectivity index (χ4n) is 4.02. The lowest BCUT2D eigenvalue weighted by molar-refractivity contribution is -0.286. The van der Waals surface area contributed by atoms with Crippen molar-refractivity contribution in [3.63, 3.8) is 0 Å². The molecule has 11 nitrogen and oxygen atoms in total. The van der Waals surface area contributed by atoms with Crippen LogP contribution in [0.3, 0.4) is 0 Å².